The molecule has 0 saturated heterocycles. The molecule has 0 aromatic heterocycles. The van der Waals surface area contributed by atoms with Crippen LogP contribution in [-0.4, -0.2) is 0 Å². The van der Waals surface area contributed by atoms with Crippen molar-refractivity contribution in [3.8, 4) is 33.4 Å². The van der Waals surface area contributed by atoms with Crippen LogP contribution in [0.1, 0.15) is 0 Å². The zero-order chi connectivity index (χ0) is 29.0. The highest BCUT2D eigenvalue weighted by molar-refractivity contribution is 6.29. The third-order valence-electron chi connectivity index (χ3n) is 9.23. The summed E-state index contributed by atoms with van der Waals surface area (Å²) in [6.45, 7) is 0. The van der Waals surface area contributed by atoms with E-state index >= 15 is 0 Å². The van der Waals surface area contributed by atoms with Crippen LogP contribution in [0.25, 0.3) is 87.2 Å². The topological polar surface area (TPSA) is 0 Å². The van der Waals surface area contributed by atoms with Crippen LogP contribution in [0.2, 0.25) is 0 Å². The van der Waals surface area contributed by atoms with E-state index in [0.29, 0.717) is 0 Å². The Labute approximate surface area is 256 Å². The molecule has 0 amide bonds. The van der Waals surface area contributed by atoms with Gasteiger partial charge in [-0.15, -0.1) is 0 Å². The van der Waals surface area contributed by atoms with E-state index in [1.54, 1.807) is 0 Å². The average molecular weight is 557 g/mol. The van der Waals surface area contributed by atoms with Crippen LogP contribution < -0.4 is 0 Å². The Balaban J connectivity index is 1.43. The summed E-state index contributed by atoms with van der Waals surface area (Å²) in [5.74, 6) is 0. The van der Waals surface area contributed by atoms with Crippen LogP contribution in [0.4, 0.5) is 0 Å². The zero-order valence-electron chi connectivity index (χ0n) is 24.2. The fraction of sp³-hybridized carbons (Fsp3) is 0. The van der Waals surface area contributed by atoms with Crippen LogP contribution in [-0.2, 0) is 0 Å². The van der Waals surface area contributed by atoms with Crippen LogP contribution in [0, 0.1) is 0 Å². The van der Waals surface area contributed by atoms with Gasteiger partial charge in [0.15, 0.2) is 0 Å². The molecule has 0 aliphatic heterocycles. The smallest absolute Gasteiger partial charge is 0.00201 e. The number of benzene rings is 9. The van der Waals surface area contributed by atoms with E-state index in [4.69, 9.17) is 0 Å². The second-order valence-corrected chi connectivity index (χ2v) is 11.6. The Hall–Kier alpha value is -5.72. The van der Waals surface area contributed by atoms with Crippen molar-refractivity contribution in [2.75, 3.05) is 0 Å². The molecule has 0 fully saturated rings. The van der Waals surface area contributed by atoms with Crippen LogP contribution in [0.15, 0.2) is 170 Å². The van der Waals surface area contributed by atoms with Gasteiger partial charge in [-0.05, 0) is 99.4 Å². The Bertz CT molecular complexity index is 2490. The number of rotatable bonds is 3. The fourth-order valence-electron chi connectivity index (χ4n) is 7.28. The SMILES string of the molecule is c1ccc(-c2ccc3cc4ccccc4cc3c2-c2ccccc2-c2cccc3c4ccccc4c4ccccc4c23)cc1. The number of fused-ring (bicyclic) bond motifs is 8. The van der Waals surface area contributed by atoms with E-state index in [-0.39, 0.29) is 0 Å². The molecule has 9 rings (SSSR count). The molecule has 0 N–H and O–H groups in total. The maximum Gasteiger partial charge on any atom is -0.00201 e. The summed E-state index contributed by atoms with van der Waals surface area (Å²) in [6.07, 6.45) is 0. The third-order valence-corrected chi connectivity index (χ3v) is 9.23. The van der Waals surface area contributed by atoms with E-state index in [0.717, 1.165) is 0 Å². The van der Waals surface area contributed by atoms with Gasteiger partial charge in [0, 0.05) is 0 Å². The Morgan fingerprint density at radius 2 is 0.773 bits per heavy atom. The zero-order valence-corrected chi connectivity index (χ0v) is 24.2. The Morgan fingerprint density at radius 3 is 1.50 bits per heavy atom. The minimum Gasteiger partial charge on any atom is -0.0622 e. The normalized spacial score (nSPS) is 11.6. The third kappa shape index (κ3) is 3.78. The van der Waals surface area contributed by atoms with Gasteiger partial charge in [0.25, 0.3) is 0 Å². The second-order valence-electron chi connectivity index (χ2n) is 11.6. The van der Waals surface area contributed by atoms with Crippen LogP contribution in [0.5, 0.6) is 0 Å². The maximum absolute atomic E-state index is 2.38. The molecule has 0 spiro atoms. The van der Waals surface area contributed by atoms with Crippen LogP contribution in [0.3, 0.4) is 0 Å². The van der Waals surface area contributed by atoms with Crippen molar-refractivity contribution in [2.24, 2.45) is 0 Å². The van der Waals surface area contributed by atoms with Gasteiger partial charge < -0.3 is 0 Å². The van der Waals surface area contributed by atoms with Crippen molar-refractivity contribution in [1.29, 1.82) is 0 Å². The van der Waals surface area contributed by atoms with Gasteiger partial charge in [0.2, 0.25) is 0 Å². The van der Waals surface area contributed by atoms with Crippen molar-refractivity contribution in [2.45, 2.75) is 0 Å². The molecule has 0 aliphatic carbocycles. The monoisotopic (exact) mass is 556 g/mol. The highest BCUT2D eigenvalue weighted by Gasteiger charge is 2.19. The summed E-state index contributed by atoms with van der Waals surface area (Å²) in [6, 6.07) is 62.3. The first-order valence-electron chi connectivity index (χ1n) is 15.3. The fourth-order valence-corrected chi connectivity index (χ4v) is 7.28. The molecule has 0 saturated carbocycles. The van der Waals surface area contributed by atoms with Crippen molar-refractivity contribution < 1.29 is 0 Å². The summed E-state index contributed by atoms with van der Waals surface area (Å²) < 4.78 is 0. The van der Waals surface area contributed by atoms with E-state index < -0.39 is 0 Å². The first kappa shape index (κ1) is 24.8. The standard InChI is InChI=1S/C44H28/c1-2-13-29(14-3-1)33-26-25-32-27-30-15-4-5-16-31(30)28-42(32)43(33)39-22-11-9-20-37(39)41-24-12-23-40-36-18-7-6-17-34(36)35-19-8-10-21-38(35)44(40)41/h1-28H. The molecule has 9 aromatic rings. The average Bonchev–Trinajstić information content (AvgIpc) is 3.10. The molecule has 0 radical (unpaired) electrons. The summed E-state index contributed by atoms with van der Waals surface area (Å²) in [5, 5.41) is 12.8. The van der Waals surface area contributed by atoms with E-state index in [2.05, 4.69) is 170 Å². The minimum absolute atomic E-state index is 1.22. The van der Waals surface area contributed by atoms with Gasteiger partial charge >= 0.3 is 0 Å². The molecule has 9 aromatic carbocycles. The Kier molecular flexibility index (Phi) is 5.61. The van der Waals surface area contributed by atoms with E-state index in [1.165, 1.54) is 87.2 Å². The van der Waals surface area contributed by atoms with Crippen LogP contribution >= 0.6 is 0 Å². The quantitative estimate of drug-likeness (QED) is 0.150. The maximum atomic E-state index is 2.38. The van der Waals surface area contributed by atoms with Gasteiger partial charge in [-0.2, -0.15) is 0 Å². The van der Waals surface area contributed by atoms with E-state index in [9.17, 15) is 0 Å². The minimum atomic E-state index is 1.22. The Morgan fingerprint density at radius 1 is 0.250 bits per heavy atom. The van der Waals surface area contributed by atoms with Gasteiger partial charge in [0.1, 0.15) is 0 Å². The molecule has 0 unspecified atom stereocenters. The molecule has 44 heavy (non-hydrogen) atoms. The van der Waals surface area contributed by atoms with Crippen molar-refractivity contribution >= 4 is 53.9 Å². The number of hydrogen-bond donors (Lipinski definition) is 0. The van der Waals surface area contributed by atoms with Crippen molar-refractivity contribution in [1.82, 2.24) is 0 Å². The predicted octanol–water partition coefficient (Wildman–Crippen LogP) is 12.5. The molecule has 0 heterocycles. The molecule has 0 aliphatic rings. The molecule has 0 atom stereocenters. The van der Waals surface area contributed by atoms with E-state index in [1.807, 2.05) is 0 Å². The molecular weight excluding hydrogens is 528 g/mol. The van der Waals surface area contributed by atoms with Gasteiger partial charge in [-0.3, -0.25) is 0 Å². The lowest BCUT2D eigenvalue weighted by molar-refractivity contribution is 1.60. The van der Waals surface area contributed by atoms with Gasteiger partial charge in [-0.1, -0.05) is 158 Å². The first-order chi connectivity index (χ1) is 21.8. The van der Waals surface area contributed by atoms with Gasteiger partial charge in [-0.25, -0.2) is 0 Å². The first-order valence-corrected chi connectivity index (χ1v) is 15.3. The van der Waals surface area contributed by atoms with Gasteiger partial charge in [0.05, 0.1) is 0 Å². The largest absolute Gasteiger partial charge is 0.0622 e. The molecular formula is C44H28. The lowest BCUT2D eigenvalue weighted by Gasteiger charge is -2.20. The molecule has 0 nitrogen and oxygen atoms in total. The second kappa shape index (κ2) is 9.93. The number of hydrogen-bond acceptors (Lipinski definition) is 0. The summed E-state index contributed by atoms with van der Waals surface area (Å²) in [7, 11) is 0. The highest BCUT2D eigenvalue weighted by atomic mass is 14.2. The summed E-state index contributed by atoms with van der Waals surface area (Å²) >= 11 is 0. The predicted molar refractivity (Wildman–Crippen MR) is 190 cm³/mol. The molecule has 0 heteroatoms. The molecule has 0 bridgehead atoms. The highest BCUT2D eigenvalue weighted by Crippen LogP contribution is 2.46. The summed E-state index contributed by atoms with van der Waals surface area (Å²) in [5.41, 5.74) is 7.50. The lowest BCUT2D eigenvalue weighted by Crippen LogP contribution is -1.93. The summed E-state index contributed by atoms with van der Waals surface area (Å²) in [4.78, 5) is 0. The van der Waals surface area contributed by atoms with Crippen molar-refractivity contribution in [3.63, 3.8) is 0 Å². The van der Waals surface area contributed by atoms with Crippen molar-refractivity contribution in [3.05, 3.63) is 170 Å². The molecule has 204 valence electrons. The lowest BCUT2D eigenvalue weighted by atomic mass is 9.83.